The van der Waals surface area contributed by atoms with Gasteiger partial charge in [-0.1, -0.05) is 19.9 Å². The number of carboxylic acids is 1. The van der Waals surface area contributed by atoms with E-state index in [4.69, 9.17) is 10.2 Å². The molecule has 0 bridgehead atoms. The highest BCUT2D eigenvalue weighted by Gasteiger charge is 2.33. The molecule has 0 heterocycles. The molecule has 1 amide bonds. The first-order chi connectivity index (χ1) is 7.78. The van der Waals surface area contributed by atoms with Gasteiger partial charge in [0, 0.05) is 6.61 Å². The third-order valence-electron chi connectivity index (χ3n) is 2.82. The molecule has 0 aromatic rings. The molecule has 0 aliphatic heterocycles. The summed E-state index contributed by atoms with van der Waals surface area (Å²) in [4.78, 5) is 22.9. The van der Waals surface area contributed by atoms with Crippen LogP contribution in [0.5, 0.6) is 0 Å². The van der Waals surface area contributed by atoms with Crippen LogP contribution in [0.4, 0.5) is 0 Å². The van der Waals surface area contributed by atoms with Gasteiger partial charge in [0.25, 0.3) is 0 Å². The highest BCUT2D eigenvalue weighted by atomic mass is 16.4. The van der Waals surface area contributed by atoms with Crippen LogP contribution in [0.3, 0.4) is 0 Å². The van der Waals surface area contributed by atoms with Gasteiger partial charge >= 0.3 is 5.97 Å². The van der Waals surface area contributed by atoms with Gasteiger partial charge in [-0.2, -0.15) is 0 Å². The number of hydrogen-bond donors (Lipinski definition) is 3. The van der Waals surface area contributed by atoms with Crippen molar-refractivity contribution in [2.75, 3.05) is 6.61 Å². The highest BCUT2D eigenvalue weighted by molar-refractivity contribution is 5.88. The van der Waals surface area contributed by atoms with Gasteiger partial charge in [0.15, 0.2) is 0 Å². The van der Waals surface area contributed by atoms with Gasteiger partial charge in [0.1, 0.15) is 6.04 Å². The molecule has 0 saturated carbocycles. The fourth-order valence-corrected chi connectivity index (χ4v) is 1.36. The van der Waals surface area contributed by atoms with Crippen molar-refractivity contribution in [3.63, 3.8) is 0 Å². The zero-order valence-corrected chi connectivity index (χ0v) is 10.6. The SMILES string of the molecule is C=CC(C)(CCO)C(=O)NC(C(=O)O)C(C)C. The monoisotopic (exact) mass is 243 g/mol. The lowest BCUT2D eigenvalue weighted by Crippen LogP contribution is -2.49. The summed E-state index contributed by atoms with van der Waals surface area (Å²) in [6, 6.07) is -0.930. The van der Waals surface area contributed by atoms with Crippen molar-refractivity contribution in [1.29, 1.82) is 0 Å². The molecule has 5 heteroatoms. The molecule has 5 nitrogen and oxygen atoms in total. The molecule has 17 heavy (non-hydrogen) atoms. The molecular weight excluding hydrogens is 222 g/mol. The van der Waals surface area contributed by atoms with Crippen LogP contribution in [0, 0.1) is 11.3 Å². The van der Waals surface area contributed by atoms with Crippen molar-refractivity contribution >= 4 is 11.9 Å². The largest absolute Gasteiger partial charge is 0.480 e. The molecule has 0 radical (unpaired) electrons. The van der Waals surface area contributed by atoms with Gasteiger partial charge < -0.3 is 15.5 Å². The normalized spacial score (nSPS) is 16.1. The molecule has 3 N–H and O–H groups in total. The molecule has 0 aromatic carbocycles. The standard InChI is InChI=1S/C12H21NO4/c1-5-12(4,6-7-14)11(17)13-9(8(2)3)10(15)16/h5,8-9,14H,1,6-7H2,2-4H3,(H,13,17)(H,15,16). The van der Waals surface area contributed by atoms with Crippen LogP contribution in [0.2, 0.25) is 0 Å². The van der Waals surface area contributed by atoms with Crippen molar-refractivity contribution in [3.05, 3.63) is 12.7 Å². The van der Waals surface area contributed by atoms with Crippen LogP contribution in [-0.2, 0) is 9.59 Å². The molecule has 0 aliphatic carbocycles. The number of aliphatic hydroxyl groups is 1. The fraction of sp³-hybridized carbons (Fsp3) is 0.667. The molecule has 0 fully saturated rings. The van der Waals surface area contributed by atoms with E-state index < -0.39 is 23.3 Å². The van der Waals surface area contributed by atoms with Crippen molar-refractivity contribution in [2.45, 2.75) is 33.2 Å². The summed E-state index contributed by atoms with van der Waals surface area (Å²) < 4.78 is 0. The first-order valence-corrected chi connectivity index (χ1v) is 5.56. The fourth-order valence-electron chi connectivity index (χ4n) is 1.36. The van der Waals surface area contributed by atoms with E-state index in [-0.39, 0.29) is 18.9 Å². The average molecular weight is 243 g/mol. The van der Waals surface area contributed by atoms with Crippen LogP contribution in [-0.4, -0.2) is 34.7 Å². The van der Waals surface area contributed by atoms with E-state index >= 15 is 0 Å². The Bertz CT molecular complexity index is 301. The third kappa shape index (κ3) is 4.19. The quantitative estimate of drug-likeness (QED) is 0.577. The Balaban J connectivity index is 4.81. The maximum absolute atomic E-state index is 11.9. The van der Waals surface area contributed by atoms with Crippen LogP contribution in [0.15, 0.2) is 12.7 Å². The van der Waals surface area contributed by atoms with Crippen LogP contribution < -0.4 is 5.32 Å². The van der Waals surface area contributed by atoms with Gasteiger partial charge in [-0.15, -0.1) is 6.58 Å². The van der Waals surface area contributed by atoms with E-state index in [1.807, 2.05) is 0 Å². The van der Waals surface area contributed by atoms with E-state index in [1.165, 1.54) is 6.08 Å². The molecule has 0 saturated heterocycles. The number of aliphatic hydroxyl groups excluding tert-OH is 1. The van der Waals surface area contributed by atoms with Crippen LogP contribution in [0.25, 0.3) is 0 Å². The molecule has 2 unspecified atom stereocenters. The Morgan fingerprint density at radius 1 is 1.47 bits per heavy atom. The molecule has 2 atom stereocenters. The van der Waals surface area contributed by atoms with E-state index in [0.717, 1.165) is 0 Å². The minimum absolute atomic E-state index is 0.157. The maximum Gasteiger partial charge on any atom is 0.326 e. The number of amides is 1. The molecule has 98 valence electrons. The Labute approximate surface area is 102 Å². The van der Waals surface area contributed by atoms with Gasteiger partial charge in [-0.25, -0.2) is 4.79 Å². The third-order valence-corrected chi connectivity index (χ3v) is 2.82. The van der Waals surface area contributed by atoms with Gasteiger partial charge in [-0.05, 0) is 19.3 Å². The first-order valence-electron chi connectivity index (χ1n) is 5.56. The molecular formula is C12H21NO4. The second-order valence-corrected chi connectivity index (χ2v) is 4.63. The summed E-state index contributed by atoms with van der Waals surface area (Å²) in [5.74, 6) is -1.70. The van der Waals surface area contributed by atoms with E-state index in [1.54, 1.807) is 20.8 Å². The zero-order chi connectivity index (χ0) is 13.6. The Hall–Kier alpha value is -1.36. The van der Waals surface area contributed by atoms with E-state index in [0.29, 0.717) is 0 Å². The average Bonchev–Trinajstić information content (AvgIpc) is 2.24. The smallest absolute Gasteiger partial charge is 0.326 e. The number of carboxylic acid groups (broad SMARTS) is 1. The highest BCUT2D eigenvalue weighted by Crippen LogP contribution is 2.23. The summed E-state index contributed by atoms with van der Waals surface area (Å²) in [6.45, 7) is 8.45. The van der Waals surface area contributed by atoms with Gasteiger partial charge in [0.2, 0.25) is 5.91 Å². The Kier molecular flexibility index (Phi) is 5.88. The molecule has 0 aromatic heterocycles. The first kappa shape index (κ1) is 15.6. The lowest BCUT2D eigenvalue weighted by Gasteiger charge is -2.27. The number of nitrogens with one attached hydrogen (secondary N) is 1. The predicted molar refractivity (Wildman–Crippen MR) is 64.4 cm³/mol. The summed E-state index contributed by atoms with van der Waals surface area (Å²) in [5.41, 5.74) is -0.947. The van der Waals surface area contributed by atoms with E-state index in [2.05, 4.69) is 11.9 Å². The summed E-state index contributed by atoms with van der Waals surface area (Å²) in [6.07, 6.45) is 1.64. The second-order valence-electron chi connectivity index (χ2n) is 4.63. The van der Waals surface area contributed by atoms with Crippen LogP contribution >= 0.6 is 0 Å². The van der Waals surface area contributed by atoms with Crippen molar-refractivity contribution in [1.82, 2.24) is 5.32 Å². The van der Waals surface area contributed by atoms with Crippen molar-refractivity contribution < 1.29 is 19.8 Å². The number of hydrogen-bond acceptors (Lipinski definition) is 3. The number of aliphatic carboxylic acids is 1. The Morgan fingerprint density at radius 2 is 2.00 bits per heavy atom. The lowest BCUT2D eigenvalue weighted by molar-refractivity contribution is -0.144. The molecule has 0 rings (SSSR count). The Morgan fingerprint density at radius 3 is 2.29 bits per heavy atom. The van der Waals surface area contributed by atoms with Gasteiger partial charge in [0.05, 0.1) is 5.41 Å². The topological polar surface area (TPSA) is 86.6 Å². The minimum atomic E-state index is -1.07. The second kappa shape index (κ2) is 6.39. The van der Waals surface area contributed by atoms with Crippen molar-refractivity contribution in [2.24, 2.45) is 11.3 Å². The zero-order valence-electron chi connectivity index (χ0n) is 10.6. The summed E-state index contributed by atoms with van der Waals surface area (Å²) >= 11 is 0. The number of carbonyl (C=O) groups is 2. The summed E-state index contributed by atoms with van der Waals surface area (Å²) in [5, 5.41) is 20.3. The van der Waals surface area contributed by atoms with Gasteiger partial charge in [-0.3, -0.25) is 4.79 Å². The maximum atomic E-state index is 11.9. The van der Waals surface area contributed by atoms with Crippen molar-refractivity contribution in [3.8, 4) is 0 Å². The predicted octanol–water partition coefficient (Wildman–Crippen LogP) is 0.786. The molecule has 0 spiro atoms. The minimum Gasteiger partial charge on any atom is -0.480 e. The number of rotatable bonds is 7. The van der Waals surface area contributed by atoms with Crippen LogP contribution in [0.1, 0.15) is 27.2 Å². The molecule has 0 aliphatic rings. The number of carbonyl (C=O) groups excluding carboxylic acids is 1. The lowest BCUT2D eigenvalue weighted by atomic mass is 9.85. The van der Waals surface area contributed by atoms with E-state index in [9.17, 15) is 9.59 Å². The summed E-state index contributed by atoms with van der Waals surface area (Å²) in [7, 11) is 0.